The van der Waals surface area contributed by atoms with Crippen LogP contribution in [0.25, 0.3) is 0 Å². The first-order valence-corrected chi connectivity index (χ1v) is 7.61. The molecule has 0 aliphatic carbocycles. The van der Waals surface area contributed by atoms with Crippen molar-refractivity contribution in [2.45, 2.75) is 31.9 Å². The third-order valence-electron chi connectivity index (χ3n) is 3.74. The van der Waals surface area contributed by atoms with Crippen LogP contribution in [0.15, 0.2) is 18.2 Å². The van der Waals surface area contributed by atoms with E-state index in [4.69, 9.17) is 11.6 Å². The number of likely N-dealkylation sites (tertiary alicyclic amines) is 1. The Hall–Kier alpha value is -0.810. The van der Waals surface area contributed by atoms with Gasteiger partial charge in [-0.1, -0.05) is 11.6 Å². The number of rotatable bonds is 6. The molecule has 5 heteroatoms. The van der Waals surface area contributed by atoms with Crippen molar-refractivity contribution in [3.05, 3.63) is 28.8 Å². The molecule has 0 atom stereocenters. The van der Waals surface area contributed by atoms with Gasteiger partial charge < -0.3 is 20.4 Å². The van der Waals surface area contributed by atoms with Gasteiger partial charge in [-0.3, -0.25) is 0 Å². The van der Waals surface area contributed by atoms with E-state index >= 15 is 0 Å². The van der Waals surface area contributed by atoms with Gasteiger partial charge in [0.1, 0.15) is 5.75 Å². The first kappa shape index (κ1) is 15.6. The second kappa shape index (κ2) is 7.84. The minimum atomic E-state index is -0.102. The summed E-state index contributed by atoms with van der Waals surface area (Å²) in [5.74, 6) is 0.284. The second-order valence-electron chi connectivity index (χ2n) is 5.38. The van der Waals surface area contributed by atoms with Crippen LogP contribution in [0.3, 0.4) is 0 Å². The van der Waals surface area contributed by atoms with Crippen molar-refractivity contribution in [1.29, 1.82) is 0 Å². The molecule has 3 N–H and O–H groups in total. The van der Waals surface area contributed by atoms with E-state index in [1.807, 2.05) is 0 Å². The highest BCUT2D eigenvalue weighted by Crippen LogP contribution is 2.21. The Morgan fingerprint density at radius 2 is 2.05 bits per heavy atom. The van der Waals surface area contributed by atoms with E-state index < -0.39 is 0 Å². The summed E-state index contributed by atoms with van der Waals surface area (Å²) in [4.78, 5) is 2.39. The molecule has 1 fully saturated rings. The van der Waals surface area contributed by atoms with Crippen molar-refractivity contribution in [3.63, 3.8) is 0 Å². The Kier molecular flexibility index (Phi) is 6.10. The average molecular weight is 299 g/mol. The molecule has 1 heterocycles. The van der Waals surface area contributed by atoms with Crippen molar-refractivity contribution in [3.8, 4) is 5.75 Å². The SMILES string of the molecule is Oc1ccc(Cl)cc1CNCCCN1CCC(O)CC1. The van der Waals surface area contributed by atoms with Gasteiger partial charge in [-0.25, -0.2) is 0 Å². The molecular weight excluding hydrogens is 276 g/mol. The normalized spacial score (nSPS) is 17.5. The highest BCUT2D eigenvalue weighted by atomic mass is 35.5. The number of hydrogen-bond acceptors (Lipinski definition) is 4. The van der Waals surface area contributed by atoms with E-state index in [2.05, 4.69) is 10.2 Å². The van der Waals surface area contributed by atoms with Crippen LogP contribution in [-0.4, -0.2) is 47.4 Å². The summed E-state index contributed by atoms with van der Waals surface area (Å²) in [5.41, 5.74) is 0.832. The van der Waals surface area contributed by atoms with Crippen molar-refractivity contribution in [1.82, 2.24) is 10.2 Å². The predicted molar refractivity (Wildman–Crippen MR) is 81.1 cm³/mol. The minimum Gasteiger partial charge on any atom is -0.508 e. The largest absolute Gasteiger partial charge is 0.508 e. The molecule has 0 saturated carbocycles. The topological polar surface area (TPSA) is 55.7 Å². The van der Waals surface area contributed by atoms with Gasteiger partial charge in [0.05, 0.1) is 6.10 Å². The van der Waals surface area contributed by atoms with Crippen LogP contribution in [-0.2, 0) is 6.54 Å². The van der Waals surface area contributed by atoms with Crippen molar-refractivity contribution < 1.29 is 10.2 Å². The fourth-order valence-electron chi connectivity index (χ4n) is 2.49. The Bertz CT molecular complexity index is 420. The molecule has 0 spiro atoms. The molecule has 1 saturated heterocycles. The predicted octanol–water partition coefficient (Wildman–Crippen LogP) is 1.98. The van der Waals surface area contributed by atoms with Crippen molar-refractivity contribution >= 4 is 11.6 Å². The summed E-state index contributed by atoms with van der Waals surface area (Å²) in [5, 5.41) is 23.1. The molecule has 0 bridgehead atoms. The number of benzene rings is 1. The van der Waals surface area contributed by atoms with E-state index in [0.717, 1.165) is 51.0 Å². The monoisotopic (exact) mass is 298 g/mol. The fourth-order valence-corrected chi connectivity index (χ4v) is 2.68. The van der Waals surface area contributed by atoms with Gasteiger partial charge in [0.2, 0.25) is 0 Å². The van der Waals surface area contributed by atoms with Crippen LogP contribution in [0, 0.1) is 0 Å². The van der Waals surface area contributed by atoms with Gasteiger partial charge in [0, 0.05) is 30.2 Å². The number of nitrogens with one attached hydrogen (secondary N) is 1. The average Bonchev–Trinajstić information content (AvgIpc) is 2.44. The zero-order valence-electron chi connectivity index (χ0n) is 11.7. The first-order valence-electron chi connectivity index (χ1n) is 7.23. The van der Waals surface area contributed by atoms with Gasteiger partial charge in [0.15, 0.2) is 0 Å². The van der Waals surface area contributed by atoms with Crippen LogP contribution >= 0.6 is 11.6 Å². The summed E-state index contributed by atoms with van der Waals surface area (Å²) in [6.45, 7) is 4.59. The van der Waals surface area contributed by atoms with Crippen LogP contribution in [0.1, 0.15) is 24.8 Å². The third kappa shape index (κ3) is 4.94. The Morgan fingerprint density at radius 3 is 2.80 bits per heavy atom. The summed E-state index contributed by atoms with van der Waals surface area (Å²) in [6.07, 6.45) is 2.75. The van der Waals surface area contributed by atoms with Gasteiger partial charge >= 0.3 is 0 Å². The second-order valence-corrected chi connectivity index (χ2v) is 5.81. The molecule has 1 aromatic rings. The molecule has 1 aromatic carbocycles. The first-order chi connectivity index (χ1) is 9.65. The van der Waals surface area contributed by atoms with E-state index in [9.17, 15) is 10.2 Å². The smallest absolute Gasteiger partial charge is 0.120 e. The maximum absolute atomic E-state index is 9.69. The number of halogens is 1. The maximum Gasteiger partial charge on any atom is 0.120 e. The van der Waals surface area contributed by atoms with Crippen molar-refractivity contribution in [2.24, 2.45) is 0 Å². The Morgan fingerprint density at radius 1 is 1.30 bits per heavy atom. The molecule has 2 rings (SSSR count). The number of aliphatic hydroxyl groups excluding tert-OH is 1. The molecule has 0 unspecified atom stereocenters. The molecule has 1 aliphatic rings. The van der Waals surface area contributed by atoms with Crippen molar-refractivity contribution in [2.75, 3.05) is 26.2 Å². The quantitative estimate of drug-likeness (QED) is 0.703. The van der Waals surface area contributed by atoms with Crippen LogP contribution < -0.4 is 5.32 Å². The number of phenols is 1. The molecular formula is C15H23ClN2O2. The molecule has 1 aliphatic heterocycles. The molecule has 0 amide bonds. The summed E-state index contributed by atoms with van der Waals surface area (Å²) in [7, 11) is 0. The number of phenolic OH excluding ortho intramolecular Hbond substituents is 1. The molecule has 20 heavy (non-hydrogen) atoms. The lowest BCUT2D eigenvalue weighted by atomic mass is 10.1. The summed E-state index contributed by atoms with van der Waals surface area (Å²) < 4.78 is 0. The highest BCUT2D eigenvalue weighted by Gasteiger charge is 2.15. The fraction of sp³-hybridized carbons (Fsp3) is 0.600. The summed E-state index contributed by atoms with van der Waals surface area (Å²) in [6, 6.07) is 5.10. The lowest BCUT2D eigenvalue weighted by molar-refractivity contribution is 0.0821. The lowest BCUT2D eigenvalue weighted by Crippen LogP contribution is -2.37. The molecule has 0 aromatic heterocycles. The molecule has 4 nitrogen and oxygen atoms in total. The number of aliphatic hydroxyl groups is 1. The Balaban J connectivity index is 1.61. The van der Waals surface area contributed by atoms with Gasteiger partial charge in [0.25, 0.3) is 0 Å². The molecule has 0 radical (unpaired) electrons. The van der Waals surface area contributed by atoms with E-state index in [-0.39, 0.29) is 11.9 Å². The lowest BCUT2D eigenvalue weighted by Gasteiger charge is -2.29. The van der Waals surface area contributed by atoms with Crippen LogP contribution in [0.2, 0.25) is 5.02 Å². The molecule has 112 valence electrons. The third-order valence-corrected chi connectivity index (χ3v) is 3.98. The van der Waals surface area contributed by atoms with Gasteiger partial charge in [-0.05, 0) is 50.6 Å². The van der Waals surface area contributed by atoms with Gasteiger partial charge in [-0.2, -0.15) is 0 Å². The zero-order chi connectivity index (χ0) is 14.4. The van der Waals surface area contributed by atoms with Gasteiger partial charge in [-0.15, -0.1) is 0 Å². The van der Waals surface area contributed by atoms with E-state index in [1.165, 1.54) is 0 Å². The maximum atomic E-state index is 9.69. The standard InChI is InChI=1S/C15H23ClN2O2/c16-13-2-3-15(20)12(10-13)11-17-6-1-7-18-8-4-14(19)5-9-18/h2-3,10,14,17,19-20H,1,4-9,11H2. The number of nitrogens with zero attached hydrogens (tertiary/aromatic N) is 1. The Labute approximate surface area is 125 Å². The number of aromatic hydroxyl groups is 1. The van der Waals surface area contributed by atoms with E-state index in [0.29, 0.717) is 11.6 Å². The highest BCUT2D eigenvalue weighted by molar-refractivity contribution is 6.30. The summed E-state index contributed by atoms with van der Waals surface area (Å²) >= 11 is 5.90. The number of piperidine rings is 1. The van der Waals surface area contributed by atoms with Crippen LogP contribution in [0.4, 0.5) is 0 Å². The zero-order valence-corrected chi connectivity index (χ0v) is 12.4. The van der Waals surface area contributed by atoms with Crippen LogP contribution in [0.5, 0.6) is 5.75 Å². The number of hydrogen-bond donors (Lipinski definition) is 3. The minimum absolute atomic E-state index is 0.102. The van der Waals surface area contributed by atoms with E-state index in [1.54, 1.807) is 18.2 Å².